The lowest BCUT2D eigenvalue weighted by atomic mass is 10.2. The highest BCUT2D eigenvalue weighted by Gasteiger charge is 2.10. The van der Waals surface area contributed by atoms with Crippen molar-refractivity contribution >= 4 is 44.9 Å². The molecule has 144 valence electrons. The van der Waals surface area contributed by atoms with Crippen LogP contribution < -0.4 is 10.1 Å². The van der Waals surface area contributed by atoms with Crippen molar-refractivity contribution in [3.8, 4) is 17.4 Å². The fraction of sp³-hybridized carbons (Fsp3) is 0.0476. The molecule has 0 atom stereocenters. The molecule has 0 radical (unpaired) electrons. The van der Waals surface area contributed by atoms with E-state index in [4.69, 9.17) is 16.3 Å². The quantitative estimate of drug-likeness (QED) is 0.375. The largest absolute Gasteiger partial charge is 0.494 e. The van der Waals surface area contributed by atoms with Crippen molar-refractivity contribution in [2.45, 2.75) is 0 Å². The average molecular weight is 406 g/mol. The van der Waals surface area contributed by atoms with Gasteiger partial charge in [0.25, 0.3) is 0 Å². The molecule has 29 heavy (non-hydrogen) atoms. The zero-order chi connectivity index (χ0) is 20.0. The maximum atomic E-state index is 9.72. The second kappa shape index (κ2) is 6.72. The highest BCUT2D eigenvalue weighted by Crippen LogP contribution is 2.35. The van der Waals surface area contributed by atoms with Gasteiger partial charge in [-0.15, -0.1) is 0 Å². The summed E-state index contributed by atoms with van der Waals surface area (Å²) in [5.41, 5.74) is 2.56. The third-order valence-electron chi connectivity index (χ3n) is 4.72. The number of nitrogens with zero attached hydrogens (tertiary/aromatic N) is 3. The van der Waals surface area contributed by atoms with E-state index >= 15 is 0 Å². The number of aromatic nitrogens is 4. The number of fused-ring (bicyclic) bond motifs is 2. The zero-order valence-corrected chi connectivity index (χ0v) is 16.1. The van der Waals surface area contributed by atoms with Gasteiger partial charge in [0, 0.05) is 35.9 Å². The monoisotopic (exact) mass is 405 g/mol. The predicted molar refractivity (Wildman–Crippen MR) is 113 cm³/mol. The van der Waals surface area contributed by atoms with Crippen LogP contribution in [-0.4, -0.2) is 24.6 Å². The van der Waals surface area contributed by atoms with Crippen molar-refractivity contribution in [1.29, 1.82) is 0 Å². The summed E-state index contributed by atoms with van der Waals surface area (Å²) in [5.74, 6) is 1.99. The molecule has 7 nitrogen and oxygen atoms in total. The van der Waals surface area contributed by atoms with Crippen molar-refractivity contribution < 1.29 is 9.84 Å². The molecule has 0 aliphatic heterocycles. The van der Waals surface area contributed by atoms with E-state index in [9.17, 15) is 5.11 Å². The Bertz CT molecular complexity index is 1360. The first kappa shape index (κ1) is 17.4. The van der Waals surface area contributed by atoms with E-state index in [1.54, 1.807) is 30.5 Å². The molecular formula is C21H16ClN5O2. The van der Waals surface area contributed by atoms with Gasteiger partial charge in [-0.05, 0) is 42.5 Å². The first-order chi connectivity index (χ1) is 14.1. The van der Waals surface area contributed by atoms with Crippen molar-refractivity contribution in [3.05, 3.63) is 66.2 Å². The Labute approximate surface area is 170 Å². The lowest BCUT2D eigenvalue weighted by molar-refractivity contribution is 0.462. The Hall–Kier alpha value is -3.71. The number of rotatable bonds is 4. The minimum atomic E-state index is 0.136. The maximum absolute atomic E-state index is 9.72. The summed E-state index contributed by atoms with van der Waals surface area (Å²) < 4.78 is 7.89. The van der Waals surface area contributed by atoms with Crippen LogP contribution in [0.1, 0.15) is 0 Å². The Balaban J connectivity index is 1.41. The lowest BCUT2D eigenvalue weighted by Crippen LogP contribution is -1.98. The number of aromatic hydroxyl groups is 1. The third-order valence-corrected chi connectivity index (χ3v) is 5.02. The SMILES string of the molecule is Cn1ccc2ncnc(Nc3ccc(Oc4ccc5c(O)[nH]cc5c4)c(Cl)c3)c21. The first-order valence-corrected chi connectivity index (χ1v) is 9.27. The molecule has 0 saturated carbocycles. The van der Waals surface area contributed by atoms with Crippen molar-refractivity contribution in [3.63, 3.8) is 0 Å². The van der Waals surface area contributed by atoms with Gasteiger partial charge in [0.1, 0.15) is 23.3 Å². The van der Waals surface area contributed by atoms with Crippen LogP contribution in [0.15, 0.2) is 61.2 Å². The van der Waals surface area contributed by atoms with Crippen molar-refractivity contribution in [2.24, 2.45) is 7.05 Å². The summed E-state index contributed by atoms with van der Waals surface area (Å²) in [7, 11) is 1.95. The highest BCUT2D eigenvalue weighted by atomic mass is 35.5. The molecule has 5 aromatic rings. The number of nitrogens with one attached hydrogen (secondary N) is 2. The van der Waals surface area contributed by atoms with E-state index < -0.39 is 0 Å². The van der Waals surface area contributed by atoms with Gasteiger partial charge in [0.05, 0.1) is 10.5 Å². The molecule has 0 saturated heterocycles. The predicted octanol–water partition coefficient (Wildman–Crippen LogP) is 5.34. The Kier molecular flexibility index (Phi) is 4.03. The van der Waals surface area contributed by atoms with Crippen molar-refractivity contribution in [2.75, 3.05) is 5.32 Å². The second-order valence-electron chi connectivity index (χ2n) is 6.64. The van der Waals surface area contributed by atoms with Gasteiger partial charge in [-0.2, -0.15) is 0 Å². The van der Waals surface area contributed by atoms with E-state index in [-0.39, 0.29) is 5.88 Å². The minimum absolute atomic E-state index is 0.136. The summed E-state index contributed by atoms with van der Waals surface area (Å²) in [6.07, 6.45) is 5.19. The van der Waals surface area contributed by atoms with E-state index in [1.807, 2.05) is 36.0 Å². The molecule has 0 amide bonds. The van der Waals surface area contributed by atoms with Gasteiger partial charge in [-0.3, -0.25) is 0 Å². The normalized spacial score (nSPS) is 11.2. The number of H-pyrrole nitrogens is 1. The number of hydrogen-bond acceptors (Lipinski definition) is 5. The molecule has 5 rings (SSSR count). The number of hydrogen-bond donors (Lipinski definition) is 3. The van der Waals surface area contributed by atoms with Crippen LogP contribution in [-0.2, 0) is 7.05 Å². The maximum Gasteiger partial charge on any atom is 0.196 e. The second-order valence-corrected chi connectivity index (χ2v) is 7.05. The van der Waals surface area contributed by atoms with Crippen LogP contribution >= 0.6 is 11.6 Å². The molecule has 8 heteroatoms. The van der Waals surface area contributed by atoms with Gasteiger partial charge in [-0.25, -0.2) is 9.97 Å². The smallest absolute Gasteiger partial charge is 0.196 e. The van der Waals surface area contributed by atoms with Crippen LogP contribution in [0, 0.1) is 0 Å². The zero-order valence-electron chi connectivity index (χ0n) is 15.3. The Morgan fingerprint density at radius 3 is 2.90 bits per heavy atom. The highest BCUT2D eigenvalue weighted by molar-refractivity contribution is 6.32. The van der Waals surface area contributed by atoms with Gasteiger partial charge in [-0.1, -0.05) is 11.6 Å². The van der Waals surface area contributed by atoms with Crippen LogP contribution in [0.25, 0.3) is 21.8 Å². The molecule has 2 aromatic carbocycles. The fourth-order valence-corrected chi connectivity index (χ4v) is 3.52. The number of ether oxygens (including phenoxy) is 1. The summed E-state index contributed by atoms with van der Waals surface area (Å²) >= 11 is 6.45. The number of anilines is 2. The van der Waals surface area contributed by atoms with Crippen LogP contribution in [0.5, 0.6) is 17.4 Å². The standard InChI is InChI=1S/C21H16ClN5O2/c1-27-7-6-17-19(27)20(25-11-24-17)26-13-2-5-18(16(22)9-13)29-14-3-4-15-12(8-14)10-23-21(15)28/h2-11,23,28H,1H3,(H,24,25,26). The van der Waals surface area contributed by atoms with E-state index in [0.717, 1.165) is 27.5 Å². The molecular weight excluding hydrogens is 390 g/mol. The van der Waals surface area contributed by atoms with Crippen molar-refractivity contribution in [1.82, 2.24) is 19.5 Å². The summed E-state index contributed by atoms with van der Waals surface area (Å²) in [6, 6.07) is 12.8. The molecule has 3 heterocycles. The number of aryl methyl sites for hydroxylation is 1. The van der Waals surface area contributed by atoms with Gasteiger partial charge in [0.15, 0.2) is 11.7 Å². The van der Waals surface area contributed by atoms with Crippen LogP contribution in [0.2, 0.25) is 5.02 Å². The van der Waals surface area contributed by atoms with Gasteiger partial charge < -0.3 is 24.7 Å². The summed E-state index contributed by atoms with van der Waals surface area (Å²) in [4.78, 5) is 11.4. The van der Waals surface area contributed by atoms with Crippen LogP contribution in [0.3, 0.4) is 0 Å². The van der Waals surface area contributed by atoms with E-state index in [1.165, 1.54) is 6.33 Å². The topological polar surface area (TPSA) is 88.0 Å². The fourth-order valence-electron chi connectivity index (χ4n) is 3.30. The van der Waals surface area contributed by atoms with Gasteiger partial charge in [0.2, 0.25) is 0 Å². The Morgan fingerprint density at radius 1 is 1.14 bits per heavy atom. The molecule has 0 bridgehead atoms. The third kappa shape index (κ3) is 3.11. The number of halogens is 1. The first-order valence-electron chi connectivity index (χ1n) is 8.89. The lowest BCUT2D eigenvalue weighted by Gasteiger charge is -2.11. The van der Waals surface area contributed by atoms with E-state index in [2.05, 4.69) is 20.3 Å². The molecule has 3 aromatic heterocycles. The molecule has 3 N–H and O–H groups in total. The molecule has 0 aliphatic carbocycles. The number of aromatic amines is 1. The molecule has 0 fully saturated rings. The molecule has 0 unspecified atom stereocenters. The molecule has 0 spiro atoms. The van der Waals surface area contributed by atoms with Gasteiger partial charge >= 0.3 is 0 Å². The summed E-state index contributed by atoms with van der Waals surface area (Å²) in [5, 5.41) is 15.1. The van der Waals surface area contributed by atoms with Crippen LogP contribution in [0.4, 0.5) is 11.5 Å². The minimum Gasteiger partial charge on any atom is -0.494 e. The summed E-state index contributed by atoms with van der Waals surface area (Å²) in [6.45, 7) is 0. The van der Waals surface area contributed by atoms with E-state index in [0.29, 0.717) is 22.3 Å². The molecule has 0 aliphatic rings. The number of benzene rings is 2. The average Bonchev–Trinajstić information content (AvgIpc) is 3.28. The Morgan fingerprint density at radius 2 is 2.03 bits per heavy atom.